The van der Waals surface area contributed by atoms with Crippen molar-refractivity contribution >= 4 is 35.9 Å². The molecule has 1 fully saturated rings. The number of nitrogens with zero attached hydrogens (tertiary/aromatic N) is 2. The molecule has 10 heteroatoms. The molecule has 2 heterocycles. The SMILES string of the molecule is CC(C)(C)OC(=O)N(Cc1nc2cc(B3OC(C)(C)C(C)(C)O3)ccc2o1)C(=O)OC(C)(C)C. The standard InChI is InChI=1S/C24H35BN2O7/c1-21(2,3)31-19(28)27(20(29)32-22(4,5)6)14-18-26-16-13-15(11-12-17(16)30-18)25-33-23(7,8)24(9,10)34-25/h11-13H,14H2,1-10H3. The highest BCUT2D eigenvalue weighted by atomic mass is 16.7. The number of amides is 2. The first-order chi connectivity index (χ1) is 15.4. The van der Waals surface area contributed by atoms with Gasteiger partial charge in [0, 0.05) is 0 Å². The summed E-state index contributed by atoms with van der Waals surface area (Å²) in [6.45, 7) is 18.0. The fourth-order valence-corrected chi connectivity index (χ4v) is 3.16. The molecule has 1 aromatic carbocycles. The number of imide groups is 1. The van der Waals surface area contributed by atoms with Crippen LogP contribution in [0.4, 0.5) is 9.59 Å². The number of carbonyl (C=O) groups excluding carboxylic acids is 2. The Bertz CT molecular complexity index is 1040. The number of ether oxygens (including phenoxy) is 2. The zero-order valence-corrected chi connectivity index (χ0v) is 21.8. The Morgan fingerprint density at radius 1 is 0.941 bits per heavy atom. The summed E-state index contributed by atoms with van der Waals surface area (Å²) in [6.07, 6.45) is -1.69. The number of rotatable bonds is 3. The lowest BCUT2D eigenvalue weighted by atomic mass is 9.79. The normalized spacial score (nSPS) is 17.6. The van der Waals surface area contributed by atoms with Crippen LogP contribution in [0.3, 0.4) is 0 Å². The van der Waals surface area contributed by atoms with Gasteiger partial charge < -0.3 is 23.2 Å². The summed E-state index contributed by atoms with van der Waals surface area (Å²) in [5.41, 5.74) is -0.681. The third-order valence-corrected chi connectivity index (χ3v) is 5.50. The van der Waals surface area contributed by atoms with Crippen LogP contribution in [0.5, 0.6) is 0 Å². The molecule has 9 nitrogen and oxygen atoms in total. The average Bonchev–Trinajstić information content (AvgIpc) is 3.12. The Balaban J connectivity index is 1.86. The van der Waals surface area contributed by atoms with Gasteiger partial charge in [-0.2, -0.15) is 0 Å². The van der Waals surface area contributed by atoms with E-state index in [0.29, 0.717) is 11.1 Å². The van der Waals surface area contributed by atoms with Crippen molar-refractivity contribution in [2.45, 2.75) is 98.2 Å². The van der Waals surface area contributed by atoms with E-state index in [2.05, 4.69) is 4.98 Å². The monoisotopic (exact) mass is 474 g/mol. The highest BCUT2D eigenvalue weighted by Gasteiger charge is 2.51. The molecule has 2 amide bonds. The molecule has 34 heavy (non-hydrogen) atoms. The van der Waals surface area contributed by atoms with Crippen molar-refractivity contribution in [2.24, 2.45) is 0 Å². The first kappa shape index (κ1) is 26.0. The molecule has 0 saturated carbocycles. The molecular formula is C24H35BN2O7. The zero-order valence-electron chi connectivity index (χ0n) is 21.8. The summed E-state index contributed by atoms with van der Waals surface area (Å²) >= 11 is 0. The van der Waals surface area contributed by atoms with Crippen molar-refractivity contribution in [1.29, 1.82) is 0 Å². The van der Waals surface area contributed by atoms with Crippen LogP contribution in [0.15, 0.2) is 22.6 Å². The molecule has 0 aliphatic carbocycles. The predicted octanol–water partition coefficient (Wildman–Crippen LogP) is 4.80. The first-order valence-corrected chi connectivity index (χ1v) is 11.4. The van der Waals surface area contributed by atoms with Gasteiger partial charge in [-0.05, 0) is 86.8 Å². The van der Waals surface area contributed by atoms with Crippen molar-refractivity contribution in [3.63, 3.8) is 0 Å². The molecule has 1 aliphatic heterocycles. The first-order valence-electron chi connectivity index (χ1n) is 11.4. The van der Waals surface area contributed by atoms with Crippen LogP contribution in [-0.4, -0.2) is 51.6 Å². The lowest BCUT2D eigenvalue weighted by molar-refractivity contribution is -0.00168. The fourth-order valence-electron chi connectivity index (χ4n) is 3.16. The molecule has 0 N–H and O–H groups in total. The van der Waals surface area contributed by atoms with Crippen LogP contribution in [0.2, 0.25) is 0 Å². The smallest absolute Gasteiger partial charge is 0.443 e. The van der Waals surface area contributed by atoms with E-state index in [0.717, 1.165) is 10.4 Å². The van der Waals surface area contributed by atoms with E-state index in [1.54, 1.807) is 47.6 Å². The van der Waals surface area contributed by atoms with E-state index < -0.39 is 41.7 Å². The van der Waals surface area contributed by atoms with Gasteiger partial charge in [0.15, 0.2) is 5.58 Å². The number of hydrogen-bond acceptors (Lipinski definition) is 8. The molecule has 0 atom stereocenters. The lowest BCUT2D eigenvalue weighted by Gasteiger charge is -2.32. The van der Waals surface area contributed by atoms with Crippen molar-refractivity contribution in [2.75, 3.05) is 0 Å². The quantitative estimate of drug-likeness (QED) is 0.585. The second-order valence-corrected chi connectivity index (χ2v) is 11.5. The lowest BCUT2D eigenvalue weighted by Crippen LogP contribution is -2.43. The maximum atomic E-state index is 12.8. The Labute approximate surface area is 201 Å². The minimum absolute atomic E-state index is 0.165. The van der Waals surface area contributed by atoms with Gasteiger partial charge in [-0.3, -0.25) is 0 Å². The van der Waals surface area contributed by atoms with Crippen molar-refractivity contribution in [1.82, 2.24) is 9.88 Å². The highest BCUT2D eigenvalue weighted by Crippen LogP contribution is 2.36. The van der Waals surface area contributed by atoms with E-state index in [9.17, 15) is 9.59 Å². The van der Waals surface area contributed by atoms with Gasteiger partial charge in [0.2, 0.25) is 5.89 Å². The van der Waals surface area contributed by atoms with Crippen LogP contribution in [0.25, 0.3) is 11.1 Å². The Morgan fingerprint density at radius 3 is 1.91 bits per heavy atom. The minimum atomic E-state index is -0.845. The maximum absolute atomic E-state index is 12.8. The molecule has 1 aromatic heterocycles. The molecule has 0 spiro atoms. The number of carbonyl (C=O) groups is 2. The van der Waals surface area contributed by atoms with Crippen molar-refractivity contribution in [3.8, 4) is 0 Å². The highest BCUT2D eigenvalue weighted by molar-refractivity contribution is 6.62. The number of oxazole rings is 1. The summed E-state index contributed by atoms with van der Waals surface area (Å²) < 4.78 is 28.8. The molecule has 0 unspecified atom stereocenters. The summed E-state index contributed by atoms with van der Waals surface area (Å²) in [6, 6.07) is 5.42. The van der Waals surface area contributed by atoms with E-state index in [1.807, 2.05) is 39.8 Å². The molecule has 1 aliphatic rings. The molecule has 2 aromatic rings. The topological polar surface area (TPSA) is 100 Å². The maximum Gasteiger partial charge on any atom is 0.494 e. The molecule has 186 valence electrons. The van der Waals surface area contributed by atoms with Crippen LogP contribution in [-0.2, 0) is 25.3 Å². The summed E-state index contributed by atoms with van der Waals surface area (Å²) in [5, 5.41) is 0. The molecular weight excluding hydrogens is 439 g/mol. The van der Waals surface area contributed by atoms with Gasteiger partial charge in [-0.15, -0.1) is 0 Å². The van der Waals surface area contributed by atoms with Gasteiger partial charge in [-0.25, -0.2) is 19.5 Å². The number of aromatic nitrogens is 1. The Hall–Kier alpha value is -2.59. The van der Waals surface area contributed by atoms with Crippen molar-refractivity contribution < 1.29 is 32.8 Å². The zero-order chi connectivity index (χ0) is 25.7. The van der Waals surface area contributed by atoms with Gasteiger partial charge in [0.05, 0.1) is 11.2 Å². The number of benzene rings is 1. The van der Waals surface area contributed by atoms with Crippen molar-refractivity contribution in [3.05, 3.63) is 24.1 Å². The largest absolute Gasteiger partial charge is 0.494 e. The summed E-state index contributed by atoms with van der Waals surface area (Å²) in [4.78, 5) is 30.8. The molecule has 0 radical (unpaired) electrons. The molecule has 1 saturated heterocycles. The van der Waals surface area contributed by atoms with E-state index in [-0.39, 0.29) is 12.4 Å². The van der Waals surface area contributed by atoms with E-state index >= 15 is 0 Å². The fraction of sp³-hybridized carbons (Fsp3) is 0.625. The van der Waals surface area contributed by atoms with Gasteiger partial charge >= 0.3 is 19.3 Å². The van der Waals surface area contributed by atoms with Crippen LogP contribution >= 0.6 is 0 Å². The van der Waals surface area contributed by atoms with Gasteiger partial charge in [0.25, 0.3) is 0 Å². The number of hydrogen-bond donors (Lipinski definition) is 0. The second-order valence-electron chi connectivity index (χ2n) is 11.5. The average molecular weight is 474 g/mol. The van der Waals surface area contributed by atoms with Crippen LogP contribution < -0.4 is 5.46 Å². The second kappa shape index (κ2) is 8.57. The number of fused-ring (bicyclic) bond motifs is 1. The summed E-state index contributed by atoms with van der Waals surface area (Å²) in [7, 11) is -0.547. The van der Waals surface area contributed by atoms with E-state index in [1.165, 1.54) is 0 Å². The summed E-state index contributed by atoms with van der Waals surface area (Å²) in [5.74, 6) is 0.165. The van der Waals surface area contributed by atoms with E-state index in [4.69, 9.17) is 23.2 Å². The third-order valence-electron chi connectivity index (χ3n) is 5.50. The molecule has 0 bridgehead atoms. The Morgan fingerprint density at radius 2 is 1.44 bits per heavy atom. The van der Waals surface area contributed by atoms with Crippen LogP contribution in [0.1, 0.15) is 75.1 Å². The van der Waals surface area contributed by atoms with Crippen LogP contribution in [0, 0.1) is 0 Å². The predicted molar refractivity (Wildman–Crippen MR) is 128 cm³/mol. The Kier molecular flexibility index (Phi) is 6.56. The molecule has 3 rings (SSSR count). The van der Waals surface area contributed by atoms with Gasteiger partial charge in [0.1, 0.15) is 23.3 Å². The minimum Gasteiger partial charge on any atom is -0.443 e. The van der Waals surface area contributed by atoms with Gasteiger partial charge in [-0.1, -0.05) is 6.07 Å². The third kappa shape index (κ3) is 5.91.